The first-order chi connectivity index (χ1) is 11.1. The molecule has 0 fully saturated rings. The molecule has 1 aliphatic heterocycles. The van der Waals surface area contributed by atoms with Crippen molar-refractivity contribution in [3.63, 3.8) is 0 Å². The number of carbonyl (C=O) groups excluding carboxylic acids is 1. The Morgan fingerprint density at radius 3 is 3.04 bits per heavy atom. The maximum Gasteiger partial charge on any atom is 0.230 e. The number of benzene rings is 1. The number of amides is 1. The summed E-state index contributed by atoms with van der Waals surface area (Å²) in [6.45, 7) is 1.28. The van der Waals surface area contributed by atoms with E-state index in [2.05, 4.69) is 20.8 Å². The lowest BCUT2D eigenvalue weighted by molar-refractivity contribution is -0.122. The minimum Gasteiger partial charge on any atom is -0.355 e. The van der Waals surface area contributed by atoms with Gasteiger partial charge in [-0.25, -0.2) is 4.68 Å². The summed E-state index contributed by atoms with van der Waals surface area (Å²) in [4.78, 5) is 12.5. The van der Waals surface area contributed by atoms with E-state index in [0.29, 0.717) is 28.8 Å². The highest BCUT2D eigenvalue weighted by molar-refractivity contribution is 6.35. The SMILES string of the molecule is O=C(NCCc1ccc(Cl)cc1Cl)C1CCCCn2nnnc21. The Bertz CT molecular complexity index is 703. The third-order valence-electron chi connectivity index (χ3n) is 4.01. The van der Waals surface area contributed by atoms with E-state index < -0.39 is 0 Å². The molecule has 0 bridgehead atoms. The van der Waals surface area contributed by atoms with Crippen LogP contribution >= 0.6 is 23.2 Å². The van der Waals surface area contributed by atoms with E-state index in [1.807, 2.05) is 6.07 Å². The van der Waals surface area contributed by atoms with Crippen LogP contribution in [0.15, 0.2) is 18.2 Å². The molecular weight excluding hydrogens is 337 g/mol. The standard InChI is InChI=1S/C15H17Cl2N5O/c16-11-5-4-10(13(17)9-11)6-7-18-15(23)12-3-1-2-8-22-14(12)19-20-21-22/h4-5,9,12H,1-3,6-8H2,(H,18,23). The number of aryl methyl sites for hydroxylation is 1. The predicted molar refractivity (Wildman–Crippen MR) is 87.6 cm³/mol. The van der Waals surface area contributed by atoms with E-state index in [4.69, 9.17) is 23.2 Å². The number of carbonyl (C=O) groups is 1. The lowest BCUT2D eigenvalue weighted by Crippen LogP contribution is -2.32. The third kappa shape index (κ3) is 3.82. The van der Waals surface area contributed by atoms with Gasteiger partial charge in [-0.15, -0.1) is 5.10 Å². The van der Waals surface area contributed by atoms with E-state index in [0.717, 1.165) is 31.4 Å². The summed E-state index contributed by atoms with van der Waals surface area (Å²) in [5, 5.41) is 15.8. The van der Waals surface area contributed by atoms with Crippen LogP contribution in [0.4, 0.5) is 0 Å². The van der Waals surface area contributed by atoms with Gasteiger partial charge in [-0.05, 0) is 47.4 Å². The molecular formula is C15H17Cl2N5O. The maximum atomic E-state index is 12.5. The summed E-state index contributed by atoms with van der Waals surface area (Å²) in [5.74, 6) is 0.339. The van der Waals surface area contributed by atoms with Gasteiger partial charge in [0.1, 0.15) is 0 Å². The van der Waals surface area contributed by atoms with Gasteiger partial charge < -0.3 is 5.32 Å². The van der Waals surface area contributed by atoms with Crippen molar-refractivity contribution < 1.29 is 4.79 Å². The molecule has 1 amide bonds. The quantitative estimate of drug-likeness (QED) is 0.916. The zero-order valence-electron chi connectivity index (χ0n) is 12.5. The molecule has 1 atom stereocenters. The number of tetrazole rings is 1. The van der Waals surface area contributed by atoms with E-state index in [1.165, 1.54) is 0 Å². The first-order valence-corrected chi connectivity index (χ1v) is 8.38. The molecule has 1 N–H and O–H groups in total. The van der Waals surface area contributed by atoms with Crippen LogP contribution in [0.3, 0.4) is 0 Å². The molecule has 1 unspecified atom stereocenters. The van der Waals surface area contributed by atoms with Crippen molar-refractivity contribution in [2.24, 2.45) is 0 Å². The number of nitrogens with one attached hydrogen (secondary N) is 1. The molecule has 0 radical (unpaired) electrons. The van der Waals surface area contributed by atoms with Gasteiger partial charge in [0, 0.05) is 23.1 Å². The molecule has 2 heterocycles. The summed E-state index contributed by atoms with van der Waals surface area (Å²) in [5.41, 5.74) is 0.960. The zero-order valence-corrected chi connectivity index (χ0v) is 14.0. The number of rotatable bonds is 4. The minimum absolute atomic E-state index is 0.0342. The second kappa shape index (κ2) is 7.27. The average molecular weight is 354 g/mol. The van der Waals surface area contributed by atoms with E-state index in [1.54, 1.807) is 16.8 Å². The molecule has 3 rings (SSSR count). The van der Waals surface area contributed by atoms with Crippen molar-refractivity contribution in [2.75, 3.05) is 6.54 Å². The predicted octanol–water partition coefficient (Wildman–Crippen LogP) is 2.61. The number of aromatic nitrogens is 4. The molecule has 0 saturated carbocycles. The summed E-state index contributed by atoms with van der Waals surface area (Å²) in [7, 11) is 0. The van der Waals surface area contributed by atoms with Gasteiger partial charge in [-0.3, -0.25) is 4.79 Å². The van der Waals surface area contributed by atoms with Crippen LogP contribution in [0, 0.1) is 0 Å². The zero-order chi connectivity index (χ0) is 16.2. The molecule has 8 heteroatoms. The number of halogens is 2. The smallest absolute Gasteiger partial charge is 0.230 e. The number of hydrogen-bond acceptors (Lipinski definition) is 4. The first-order valence-electron chi connectivity index (χ1n) is 7.63. The van der Waals surface area contributed by atoms with Crippen LogP contribution in [0.1, 0.15) is 36.6 Å². The summed E-state index contributed by atoms with van der Waals surface area (Å²) in [6.07, 6.45) is 3.39. The lowest BCUT2D eigenvalue weighted by atomic mass is 10.0. The minimum atomic E-state index is -0.284. The Hall–Kier alpha value is -1.66. The van der Waals surface area contributed by atoms with Crippen molar-refractivity contribution in [3.05, 3.63) is 39.6 Å². The molecule has 1 aromatic carbocycles. The van der Waals surface area contributed by atoms with Crippen LogP contribution in [0.5, 0.6) is 0 Å². The topological polar surface area (TPSA) is 72.7 Å². The van der Waals surface area contributed by atoms with Crippen LogP contribution in [-0.2, 0) is 17.8 Å². The molecule has 1 aromatic heterocycles. The van der Waals surface area contributed by atoms with E-state index in [9.17, 15) is 4.79 Å². The number of hydrogen-bond donors (Lipinski definition) is 1. The summed E-state index contributed by atoms with van der Waals surface area (Å²) in [6, 6.07) is 5.38. The van der Waals surface area contributed by atoms with Gasteiger partial charge in [0.25, 0.3) is 0 Å². The second-order valence-corrected chi connectivity index (χ2v) is 6.43. The van der Waals surface area contributed by atoms with Gasteiger partial charge in [0.2, 0.25) is 5.91 Å². The van der Waals surface area contributed by atoms with E-state index in [-0.39, 0.29) is 11.8 Å². The Kier molecular flexibility index (Phi) is 5.13. The Morgan fingerprint density at radius 2 is 2.22 bits per heavy atom. The second-order valence-electron chi connectivity index (χ2n) is 5.59. The first kappa shape index (κ1) is 16.2. The summed E-state index contributed by atoms with van der Waals surface area (Å²) < 4.78 is 1.73. The van der Waals surface area contributed by atoms with Crippen molar-refractivity contribution in [1.29, 1.82) is 0 Å². The van der Waals surface area contributed by atoms with Crippen molar-refractivity contribution in [2.45, 2.75) is 38.1 Å². The molecule has 2 aromatic rings. The van der Waals surface area contributed by atoms with Gasteiger partial charge >= 0.3 is 0 Å². The van der Waals surface area contributed by atoms with Crippen LogP contribution in [0.2, 0.25) is 10.0 Å². The van der Waals surface area contributed by atoms with Gasteiger partial charge in [-0.2, -0.15) is 0 Å². The largest absolute Gasteiger partial charge is 0.355 e. The lowest BCUT2D eigenvalue weighted by Gasteiger charge is -2.13. The molecule has 0 aliphatic carbocycles. The van der Waals surface area contributed by atoms with Crippen LogP contribution in [0.25, 0.3) is 0 Å². The molecule has 1 aliphatic rings. The number of fused-ring (bicyclic) bond motifs is 1. The normalized spacial score (nSPS) is 17.4. The fourth-order valence-corrected chi connectivity index (χ4v) is 3.28. The Balaban J connectivity index is 1.59. The van der Waals surface area contributed by atoms with Gasteiger partial charge in [0.05, 0.1) is 5.92 Å². The Morgan fingerprint density at radius 1 is 1.35 bits per heavy atom. The third-order valence-corrected chi connectivity index (χ3v) is 4.60. The fraction of sp³-hybridized carbons (Fsp3) is 0.467. The molecule has 23 heavy (non-hydrogen) atoms. The monoisotopic (exact) mass is 353 g/mol. The van der Waals surface area contributed by atoms with Crippen molar-refractivity contribution >= 4 is 29.1 Å². The highest BCUT2D eigenvalue weighted by atomic mass is 35.5. The molecule has 0 spiro atoms. The van der Waals surface area contributed by atoms with Crippen LogP contribution in [-0.4, -0.2) is 32.7 Å². The average Bonchev–Trinajstić information content (AvgIpc) is 2.88. The number of nitrogens with zero attached hydrogens (tertiary/aromatic N) is 4. The van der Waals surface area contributed by atoms with Crippen LogP contribution < -0.4 is 5.32 Å². The highest BCUT2D eigenvalue weighted by Crippen LogP contribution is 2.24. The maximum absolute atomic E-state index is 12.5. The summed E-state index contributed by atoms with van der Waals surface area (Å²) >= 11 is 12.0. The van der Waals surface area contributed by atoms with Crippen molar-refractivity contribution in [3.8, 4) is 0 Å². The van der Waals surface area contributed by atoms with Crippen molar-refractivity contribution in [1.82, 2.24) is 25.5 Å². The van der Waals surface area contributed by atoms with Gasteiger partial charge in [0.15, 0.2) is 5.82 Å². The molecule has 122 valence electrons. The highest BCUT2D eigenvalue weighted by Gasteiger charge is 2.28. The van der Waals surface area contributed by atoms with Gasteiger partial charge in [-0.1, -0.05) is 35.7 Å². The van der Waals surface area contributed by atoms with E-state index >= 15 is 0 Å². The molecule has 0 saturated heterocycles. The molecule has 6 nitrogen and oxygen atoms in total. The Labute approximate surface area is 144 Å². The fourth-order valence-electron chi connectivity index (χ4n) is 2.78.